The Morgan fingerprint density at radius 3 is 2.93 bits per heavy atom. The average Bonchev–Trinajstić information content (AvgIpc) is 2.43. The van der Waals surface area contributed by atoms with Gasteiger partial charge in [-0.2, -0.15) is 0 Å². The fraction of sp³-hybridized carbons (Fsp3) is 0.333. The summed E-state index contributed by atoms with van der Waals surface area (Å²) < 4.78 is 5.65. The Labute approximate surface area is 83.4 Å². The highest BCUT2D eigenvalue weighted by Crippen LogP contribution is 2.11. The molecule has 0 N–H and O–H groups in total. The fourth-order valence-electron chi connectivity index (χ4n) is 0.868. The van der Waals surface area contributed by atoms with Crippen LogP contribution >= 0.6 is 11.6 Å². The zero-order valence-corrected chi connectivity index (χ0v) is 7.89. The molecule has 0 spiro atoms. The lowest BCUT2D eigenvalue weighted by Crippen LogP contribution is -2.04. The monoisotopic (exact) mass is 219 g/mol. The number of halogens is 1. The van der Waals surface area contributed by atoms with E-state index < -0.39 is 10.4 Å². The van der Waals surface area contributed by atoms with Crippen LogP contribution in [0.25, 0.3) is 0 Å². The van der Waals surface area contributed by atoms with Crippen LogP contribution < -0.4 is 0 Å². The van der Waals surface area contributed by atoms with Crippen molar-refractivity contribution in [3.63, 3.8) is 0 Å². The highest BCUT2D eigenvalue weighted by molar-refractivity contribution is 6.61. The molecule has 0 saturated carbocycles. The number of carbonyl (C=O) groups is 1. The minimum Gasteiger partial charge on any atom is -0.446 e. The smallest absolute Gasteiger partial charge is 0.434 e. The normalized spacial score (nSPS) is 9.86. The molecule has 0 amide bonds. The molecule has 7 nitrogen and oxygen atoms in total. The third-order valence-electron chi connectivity index (χ3n) is 1.56. The summed E-state index contributed by atoms with van der Waals surface area (Å²) in [4.78, 5) is 23.5. The second-order valence-corrected chi connectivity index (χ2v) is 2.70. The fourth-order valence-corrected chi connectivity index (χ4v) is 0.923. The van der Waals surface area contributed by atoms with Gasteiger partial charge in [-0.3, -0.25) is 0 Å². The molecule has 1 aromatic rings. The van der Waals surface area contributed by atoms with Crippen LogP contribution in [0.3, 0.4) is 0 Å². The highest BCUT2D eigenvalue weighted by Gasteiger charge is 2.17. The van der Waals surface area contributed by atoms with Crippen molar-refractivity contribution in [1.82, 2.24) is 9.55 Å². The molecular formula is C6H6ClN3O4. The maximum absolute atomic E-state index is 10.4. The first-order valence-corrected chi connectivity index (χ1v) is 3.87. The van der Waals surface area contributed by atoms with Gasteiger partial charge in [-0.25, -0.2) is 9.36 Å². The van der Waals surface area contributed by atoms with Gasteiger partial charge in [-0.1, -0.05) is 4.98 Å². The molecule has 0 aliphatic heterocycles. The lowest BCUT2D eigenvalue weighted by atomic mass is 10.5. The zero-order chi connectivity index (χ0) is 10.7. The number of hydrogen-bond donors (Lipinski definition) is 0. The van der Waals surface area contributed by atoms with E-state index in [1.54, 1.807) is 0 Å². The van der Waals surface area contributed by atoms with Gasteiger partial charge in [0.2, 0.25) is 0 Å². The van der Waals surface area contributed by atoms with Crippen LogP contribution in [-0.4, -0.2) is 19.9 Å². The zero-order valence-electron chi connectivity index (χ0n) is 7.14. The number of imidazole rings is 1. The molecule has 76 valence electrons. The predicted octanol–water partition coefficient (Wildman–Crippen LogP) is 1.20. The van der Waals surface area contributed by atoms with Crippen LogP contribution in [0.1, 0.15) is 5.69 Å². The van der Waals surface area contributed by atoms with Crippen LogP contribution in [0.15, 0.2) is 6.20 Å². The standard InChI is InChI=1S/C6H6ClN3O4/c1-9-4(3-14-5(7)11)2-8-6(9)10(12)13/h2H,3H2,1H3. The number of ether oxygens (including phenoxy) is 1. The lowest BCUT2D eigenvalue weighted by molar-refractivity contribution is -0.396. The van der Waals surface area contributed by atoms with E-state index in [-0.39, 0.29) is 12.6 Å². The predicted molar refractivity (Wildman–Crippen MR) is 45.9 cm³/mol. The molecule has 0 aliphatic rings. The molecule has 0 bridgehead atoms. The van der Waals surface area contributed by atoms with E-state index in [1.807, 2.05) is 0 Å². The summed E-state index contributed by atoms with van der Waals surface area (Å²) in [6, 6.07) is 0. The van der Waals surface area contributed by atoms with Gasteiger partial charge in [-0.05, 0) is 4.92 Å². The number of rotatable bonds is 3. The third kappa shape index (κ3) is 2.19. The summed E-state index contributed by atoms with van der Waals surface area (Å²) in [5.74, 6) is -0.314. The molecule has 0 radical (unpaired) electrons. The molecule has 14 heavy (non-hydrogen) atoms. The van der Waals surface area contributed by atoms with E-state index in [0.29, 0.717) is 5.69 Å². The van der Waals surface area contributed by atoms with E-state index in [9.17, 15) is 14.9 Å². The van der Waals surface area contributed by atoms with Crippen LogP contribution in [0.4, 0.5) is 10.7 Å². The Balaban J connectivity index is 2.79. The number of nitrogens with zero attached hydrogens (tertiary/aromatic N) is 3. The Hall–Kier alpha value is -1.63. The lowest BCUT2D eigenvalue weighted by Gasteiger charge is -1.98. The molecular weight excluding hydrogens is 214 g/mol. The first-order valence-electron chi connectivity index (χ1n) is 3.49. The van der Waals surface area contributed by atoms with Crippen LogP contribution in [0.2, 0.25) is 0 Å². The third-order valence-corrected chi connectivity index (χ3v) is 1.67. The number of hydrogen-bond acceptors (Lipinski definition) is 5. The van der Waals surface area contributed by atoms with Crippen molar-refractivity contribution in [2.45, 2.75) is 6.61 Å². The Morgan fingerprint density at radius 1 is 1.86 bits per heavy atom. The Morgan fingerprint density at radius 2 is 2.50 bits per heavy atom. The first kappa shape index (κ1) is 10.5. The molecule has 0 saturated heterocycles. The topological polar surface area (TPSA) is 87.3 Å². The SMILES string of the molecule is Cn1c(COC(=O)Cl)cnc1[N+](=O)[O-]. The summed E-state index contributed by atoms with van der Waals surface area (Å²) in [5, 5.41) is 10.4. The summed E-state index contributed by atoms with van der Waals surface area (Å²) in [6.45, 7) is -0.139. The average molecular weight is 220 g/mol. The summed E-state index contributed by atoms with van der Waals surface area (Å²) >= 11 is 4.92. The van der Waals surface area contributed by atoms with Crippen molar-refractivity contribution >= 4 is 23.0 Å². The second-order valence-electron chi connectivity index (χ2n) is 2.39. The molecule has 0 unspecified atom stereocenters. The maximum Gasteiger partial charge on any atom is 0.434 e. The van der Waals surface area contributed by atoms with E-state index in [2.05, 4.69) is 9.72 Å². The van der Waals surface area contributed by atoms with Gasteiger partial charge in [0.1, 0.15) is 12.8 Å². The van der Waals surface area contributed by atoms with E-state index in [1.165, 1.54) is 17.8 Å². The minimum absolute atomic E-state index is 0.139. The summed E-state index contributed by atoms with van der Waals surface area (Å²) in [7, 11) is 1.45. The van der Waals surface area contributed by atoms with Gasteiger partial charge in [0, 0.05) is 11.6 Å². The number of aromatic nitrogens is 2. The summed E-state index contributed by atoms with van der Waals surface area (Å²) in [5.41, 5.74) is -0.570. The van der Waals surface area contributed by atoms with Gasteiger partial charge in [0.25, 0.3) is 0 Å². The Bertz CT molecular complexity index is 375. The molecule has 8 heteroatoms. The number of nitro groups is 1. The Kier molecular flexibility index (Phi) is 3.03. The van der Waals surface area contributed by atoms with Gasteiger partial charge < -0.3 is 14.9 Å². The van der Waals surface area contributed by atoms with Crippen LogP contribution in [-0.2, 0) is 18.4 Å². The van der Waals surface area contributed by atoms with Crippen LogP contribution in [0.5, 0.6) is 0 Å². The number of carbonyl (C=O) groups excluding carboxylic acids is 1. The van der Waals surface area contributed by atoms with Gasteiger partial charge in [-0.15, -0.1) is 0 Å². The van der Waals surface area contributed by atoms with E-state index in [4.69, 9.17) is 11.6 Å². The van der Waals surface area contributed by atoms with Gasteiger partial charge in [0.05, 0.1) is 7.05 Å². The van der Waals surface area contributed by atoms with Crippen molar-refractivity contribution in [2.75, 3.05) is 0 Å². The largest absolute Gasteiger partial charge is 0.446 e. The first-order chi connectivity index (χ1) is 6.52. The molecule has 1 aromatic heterocycles. The minimum atomic E-state index is -0.964. The molecule has 1 rings (SSSR count). The molecule has 0 aliphatic carbocycles. The van der Waals surface area contributed by atoms with E-state index in [0.717, 1.165) is 0 Å². The van der Waals surface area contributed by atoms with Gasteiger partial charge in [0.15, 0.2) is 5.69 Å². The van der Waals surface area contributed by atoms with Crippen molar-refractivity contribution in [3.8, 4) is 0 Å². The molecule has 0 aromatic carbocycles. The molecule has 1 heterocycles. The molecule has 0 atom stereocenters. The van der Waals surface area contributed by atoms with Crippen molar-refractivity contribution in [1.29, 1.82) is 0 Å². The molecule has 0 fully saturated rings. The quantitative estimate of drug-likeness (QED) is 0.433. The van der Waals surface area contributed by atoms with Crippen LogP contribution in [0, 0.1) is 10.1 Å². The maximum atomic E-state index is 10.4. The highest BCUT2D eigenvalue weighted by atomic mass is 35.5. The second kappa shape index (κ2) is 4.05. The van der Waals surface area contributed by atoms with E-state index >= 15 is 0 Å². The van der Waals surface area contributed by atoms with Gasteiger partial charge >= 0.3 is 11.4 Å². The van der Waals surface area contributed by atoms with Crippen molar-refractivity contribution in [3.05, 3.63) is 22.0 Å². The van der Waals surface area contributed by atoms with Crippen molar-refractivity contribution < 1.29 is 14.5 Å². The summed E-state index contributed by atoms with van der Waals surface area (Å²) in [6.07, 6.45) is 1.25. The van der Waals surface area contributed by atoms with Crippen molar-refractivity contribution in [2.24, 2.45) is 7.05 Å².